The summed E-state index contributed by atoms with van der Waals surface area (Å²) in [6.07, 6.45) is 3.84. The van der Waals surface area contributed by atoms with E-state index in [2.05, 4.69) is 17.4 Å². The van der Waals surface area contributed by atoms with Crippen LogP contribution in [0.5, 0.6) is 0 Å². The first-order chi connectivity index (χ1) is 9.22. The van der Waals surface area contributed by atoms with Crippen LogP contribution in [0.1, 0.15) is 23.1 Å². The summed E-state index contributed by atoms with van der Waals surface area (Å²) < 4.78 is 4.93. The van der Waals surface area contributed by atoms with Gasteiger partial charge in [-0.1, -0.05) is 18.2 Å². The van der Waals surface area contributed by atoms with Gasteiger partial charge < -0.3 is 15.2 Å². The Labute approximate surface area is 113 Å². The average Bonchev–Trinajstić information content (AvgIpc) is 2.85. The van der Waals surface area contributed by atoms with E-state index in [1.54, 1.807) is 7.11 Å². The van der Waals surface area contributed by atoms with E-state index in [1.807, 2.05) is 6.07 Å². The van der Waals surface area contributed by atoms with Gasteiger partial charge in [0.2, 0.25) is 5.91 Å². The molecule has 1 aromatic carbocycles. The Morgan fingerprint density at radius 1 is 1.42 bits per heavy atom. The summed E-state index contributed by atoms with van der Waals surface area (Å²) in [5, 5.41) is 11.9. The quantitative estimate of drug-likeness (QED) is 0.799. The van der Waals surface area contributed by atoms with E-state index in [1.165, 1.54) is 17.5 Å². The van der Waals surface area contributed by atoms with Crippen molar-refractivity contribution in [3.8, 4) is 0 Å². The number of amides is 1. The molecule has 0 aromatic heterocycles. The number of benzene rings is 1. The third kappa shape index (κ3) is 3.78. The number of hydrogen-bond acceptors (Lipinski definition) is 3. The van der Waals surface area contributed by atoms with E-state index in [0.29, 0.717) is 13.0 Å². The molecule has 2 rings (SSSR count). The van der Waals surface area contributed by atoms with Crippen LogP contribution in [-0.4, -0.2) is 37.4 Å². The fourth-order valence-corrected chi connectivity index (χ4v) is 2.54. The van der Waals surface area contributed by atoms with Gasteiger partial charge in [-0.05, 0) is 36.0 Å². The van der Waals surface area contributed by atoms with Crippen molar-refractivity contribution in [2.45, 2.75) is 31.7 Å². The molecule has 0 saturated carbocycles. The predicted molar refractivity (Wildman–Crippen MR) is 73.1 cm³/mol. The normalized spacial score (nSPS) is 15.1. The second-order valence-corrected chi connectivity index (χ2v) is 5.04. The van der Waals surface area contributed by atoms with Crippen molar-refractivity contribution in [1.29, 1.82) is 0 Å². The topological polar surface area (TPSA) is 58.6 Å². The second-order valence-electron chi connectivity index (χ2n) is 5.04. The van der Waals surface area contributed by atoms with Gasteiger partial charge in [-0.25, -0.2) is 0 Å². The van der Waals surface area contributed by atoms with Crippen molar-refractivity contribution in [3.63, 3.8) is 0 Å². The molecule has 0 bridgehead atoms. The predicted octanol–water partition coefficient (Wildman–Crippen LogP) is 0.841. The minimum atomic E-state index is -0.327. The molecular formula is C15H21NO3. The Balaban J connectivity index is 1.91. The lowest BCUT2D eigenvalue weighted by molar-refractivity contribution is -0.121. The molecule has 2 N–H and O–H groups in total. The number of aliphatic hydroxyl groups excluding tert-OH is 1. The van der Waals surface area contributed by atoms with Crippen LogP contribution >= 0.6 is 0 Å². The number of aliphatic hydroxyl groups is 1. The maximum Gasteiger partial charge on any atom is 0.224 e. The lowest BCUT2D eigenvalue weighted by Gasteiger charge is -2.15. The zero-order chi connectivity index (χ0) is 13.7. The maximum atomic E-state index is 11.9. The molecule has 0 fully saturated rings. The van der Waals surface area contributed by atoms with Gasteiger partial charge in [0.05, 0.1) is 25.7 Å². The van der Waals surface area contributed by atoms with Crippen LogP contribution in [0.3, 0.4) is 0 Å². The van der Waals surface area contributed by atoms with Gasteiger partial charge >= 0.3 is 0 Å². The Bertz CT molecular complexity index is 445. The molecule has 1 aromatic rings. The van der Waals surface area contributed by atoms with Crippen LogP contribution in [0, 0.1) is 0 Å². The summed E-state index contributed by atoms with van der Waals surface area (Å²) >= 11 is 0. The van der Waals surface area contributed by atoms with E-state index in [-0.39, 0.29) is 18.6 Å². The van der Waals surface area contributed by atoms with Crippen LogP contribution in [0.25, 0.3) is 0 Å². The number of hydrogen-bond donors (Lipinski definition) is 2. The van der Waals surface area contributed by atoms with Gasteiger partial charge in [-0.2, -0.15) is 0 Å². The highest BCUT2D eigenvalue weighted by Gasteiger charge is 2.14. The monoisotopic (exact) mass is 263 g/mol. The first kappa shape index (κ1) is 14.0. The van der Waals surface area contributed by atoms with Crippen molar-refractivity contribution in [2.24, 2.45) is 0 Å². The summed E-state index contributed by atoms with van der Waals surface area (Å²) in [7, 11) is 1.55. The molecule has 1 unspecified atom stereocenters. The van der Waals surface area contributed by atoms with Crippen molar-refractivity contribution >= 4 is 5.91 Å². The number of ether oxygens (including phenoxy) is 1. The third-order valence-electron chi connectivity index (χ3n) is 3.48. The molecule has 1 amide bonds. The van der Waals surface area contributed by atoms with E-state index >= 15 is 0 Å². The minimum Gasteiger partial charge on any atom is -0.394 e. The zero-order valence-electron chi connectivity index (χ0n) is 11.3. The van der Waals surface area contributed by atoms with Gasteiger partial charge in [0, 0.05) is 7.11 Å². The van der Waals surface area contributed by atoms with Crippen LogP contribution < -0.4 is 5.32 Å². The van der Waals surface area contributed by atoms with Crippen molar-refractivity contribution in [1.82, 2.24) is 5.32 Å². The lowest BCUT2D eigenvalue weighted by atomic mass is 10.0. The Morgan fingerprint density at radius 2 is 2.21 bits per heavy atom. The number of nitrogens with one attached hydrogen (secondary N) is 1. The van der Waals surface area contributed by atoms with Gasteiger partial charge in [-0.15, -0.1) is 0 Å². The first-order valence-corrected chi connectivity index (χ1v) is 6.72. The molecule has 104 valence electrons. The van der Waals surface area contributed by atoms with E-state index in [9.17, 15) is 4.79 Å². The van der Waals surface area contributed by atoms with Crippen LogP contribution in [0.4, 0.5) is 0 Å². The van der Waals surface area contributed by atoms with Crippen molar-refractivity contribution < 1.29 is 14.6 Å². The highest BCUT2D eigenvalue weighted by Crippen LogP contribution is 2.22. The molecule has 4 heteroatoms. The number of rotatable bonds is 6. The highest BCUT2D eigenvalue weighted by atomic mass is 16.5. The maximum absolute atomic E-state index is 11.9. The molecular weight excluding hydrogens is 242 g/mol. The van der Waals surface area contributed by atoms with Crippen molar-refractivity contribution in [2.75, 3.05) is 20.3 Å². The van der Waals surface area contributed by atoms with Gasteiger partial charge in [0.1, 0.15) is 0 Å². The summed E-state index contributed by atoms with van der Waals surface area (Å²) in [4.78, 5) is 11.9. The van der Waals surface area contributed by atoms with Gasteiger partial charge in [-0.3, -0.25) is 4.79 Å². The summed E-state index contributed by atoms with van der Waals surface area (Å²) in [6, 6.07) is 5.95. The largest absolute Gasteiger partial charge is 0.394 e. The number of methoxy groups -OCH3 is 1. The standard InChI is InChI=1S/C15H21NO3/c1-19-10-14(9-17)16-15(18)8-11-5-6-12-3-2-4-13(12)7-11/h5-7,14,17H,2-4,8-10H2,1H3,(H,16,18). The Kier molecular flexibility index (Phi) is 4.93. The SMILES string of the molecule is COCC(CO)NC(=O)Cc1ccc2c(c1)CCC2. The number of carbonyl (C=O) groups excluding carboxylic acids is 1. The van der Waals surface area contributed by atoms with Crippen LogP contribution in [-0.2, 0) is 28.8 Å². The first-order valence-electron chi connectivity index (χ1n) is 6.72. The highest BCUT2D eigenvalue weighted by molar-refractivity contribution is 5.79. The van der Waals surface area contributed by atoms with Crippen molar-refractivity contribution in [3.05, 3.63) is 34.9 Å². The number of aryl methyl sites for hydroxylation is 2. The average molecular weight is 263 g/mol. The molecule has 0 saturated heterocycles. The minimum absolute atomic E-state index is 0.0750. The van der Waals surface area contributed by atoms with Crippen LogP contribution in [0.2, 0.25) is 0 Å². The third-order valence-corrected chi connectivity index (χ3v) is 3.48. The van der Waals surface area contributed by atoms with E-state index in [4.69, 9.17) is 9.84 Å². The van der Waals surface area contributed by atoms with E-state index < -0.39 is 0 Å². The molecule has 19 heavy (non-hydrogen) atoms. The molecule has 0 heterocycles. The number of carbonyl (C=O) groups is 1. The molecule has 0 spiro atoms. The van der Waals surface area contributed by atoms with Gasteiger partial charge in [0.25, 0.3) is 0 Å². The molecule has 1 aliphatic carbocycles. The molecule has 0 aliphatic heterocycles. The fraction of sp³-hybridized carbons (Fsp3) is 0.533. The van der Waals surface area contributed by atoms with Gasteiger partial charge in [0.15, 0.2) is 0 Å². The summed E-state index contributed by atoms with van der Waals surface area (Å²) in [5.74, 6) is -0.0750. The fourth-order valence-electron chi connectivity index (χ4n) is 2.54. The molecule has 0 radical (unpaired) electrons. The summed E-state index contributed by atoms with van der Waals surface area (Å²) in [5.41, 5.74) is 3.82. The van der Waals surface area contributed by atoms with Crippen LogP contribution in [0.15, 0.2) is 18.2 Å². The molecule has 1 atom stereocenters. The molecule has 1 aliphatic rings. The number of fused-ring (bicyclic) bond motifs is 1. The zero-order valence-corrected chi connectivity index (χ0v) is 11.3. The second kappa shape index (κ2) is 6.68. The molecule has 4 nitrogen and oxygen atoms in total. The lowest BCUT2D eigenvalue weighted by Crippen LogP contribution is -2.41. The Morgan fingerprint density at radius 3 is 2.95 bits per heavy atom. The van der Waals surface area contributed by atoms with E-state index in [0.717, 1.165) is 18.4 Å². The Hall–Kier alpha value is -1.39. The smallest absolute Gasteiger partial charge is 0.224 e. The summed E-state index contributed by atoms with van der Waals surface area (Å²) in [6.45, 7) is 0.218.